The second-order valence-electron chi connectivity index (χ2n) is 10.1. The van der Waals surface area contributed by atoms with Crippen molar-refractivity contribution in [3.05, 3.63) is 59.2 Å². The van der Waals surface area contributed by atoms with Crippen molar-refractivity contribution in [2.45, 2.75) is 90.0 Å². The first-order valence-corrected chi connectivity index (χ1v) is 15.6. The van der Waals surface area contributed by atoms with E-state index in [9.17, 15) is 23.1 Å². The van der Waals surface area contributed by atoms with Crippen LogP contribution in [-0.2, 0) is 30.8 Å². The summed E-state index contributed by atoms with van der Waals surface area (Å²) in [6.45, 7) is 7.06. The van der Waals surface area contributed by atoms with Gasteiger partial charge in [0.25, 0.3) is 10.0 Å². The number of aromatic nitrogens is 1. The fourth-order valence-electron chi connectivity index (χ4n) is 4.69. The molecule has 0 spiro atoms. The van der Waals surface area contributed by atoms with Crippen LogP contribution in [0.4, 0.5) is 0 Å². The van der Waals surface area contributed by atoms with E-state index in [-0.39, 0.29) is 29.0 Å². The van der Waals surface area contributed by atoms with Crippen molar-refractivity contribution in [1.29, 1.82) is 0 Å². The van der Waals surface area contributed by atoms with Crippen molar-refractivity contribution >= 4 is 32.8 Å². The van der Waals surface area contributed by atoms with Gasteiger partial charge in [0, 0.05) is 36.3 Å². The molecule has 0 saturated heterocycles. The van der Waals surface area contributed by atoms with Gasteiger partial charge in [0.1, 0.15) is 6.04 Å². The van der Waals surface area contributed by atoms with Gasteiger partial charge in [0.2, 0.25) is 11.8 Å². The molecule has 1 atom stereocenters. The molecular weight excluding hydrogens is 540 g/mol. The zero-order chi connectivity index (χ0) is 30.0. The standard InChI is InChI=1S/C32H40N2O6S/c1-5-7-8-9-10-11-12-13-14-25-17-20-30-27(21-25)28(22-29(33-24(4)35)32(37)40-6-2)31(36)34(30)41(38,39)26-18-15-23(3)16-19-26/h15-21,29,36H,5-12,22H2,1-4H3,(H,33,35). The van der Waals surface area contributed by atoms with Crippen LogP contribution in [-0.4, -0.2) is 42.0 Å². The van der Waals surface area contributed by atoms with Crippen LogP contribution in [0.5, 0.6) is 5.88 Å². The van der Waals surface area contributed by atoms with Crippen molar-refractivity contribution in [3.8, 4) is 17.7 Å². The molecule has 2 N–H and O–H groups in total. The van der Waals surface area contributed by atoms with Gasteiger partial charge >= 0.3 is 5.97 Å². The largest absolute Gasteiger partial charge is 0.494 e. The summed E-state index contributed by atoms with van der Waals surface area (Å²) < 4.78 is 33.5. The Labute approximate surface area is 243 Å². The number of esters is 1. The second-order valence-corrected chi connectivity index (χ2v) is 11.9. The molecule has 9 heteroatoms. The van der Waals surface area contributed by atoms with Crippen molar-refractivity contribution in [2.24, 2.45) is 0 Å². The number of carbonyl (C=O) groups is 2. The van der Waals surface area contributed by atoms with E-state index >= 15 is 0 Å². The number of aryl methyl sites for hydroxylation is 1. The Hall–Kier alpha value is -3.77. The Morgan fingerprint density at radius 1 is 1.02 bits per heavy atom. The lowest BCUT2D eigenvalue weighted by atomic mass is 10.0. The highest BCUT2D eigenvalue weighted by atomic mass is 32.2. The first-order chi connectivity index (χ1) is 19.6. The summed E-state index contributed by atoms with van der Waals surface area (Å²) in [5.41, 5.74) is 1.98. The van der Waals surface area contributed by atoms with E-state index < -0.39 is 33.8 Å². The molecule has 220 valence electrons. The Balaban J connectivity index is 2.06. The molecule has 0 bridgehead atoms. The van der Waals surface area contributed by atoms with Crippen LogP contribution in [0, 0.1) is 18.8 Å². The summed E-state index contributed by atoms with van der Waals surface area (Å²) >= 11 is 0. The predicted molar refractivity (Wildman–Crippen MR) is 160 cm³/mol. The number of amides is 1. The molecule has 1 amide bonds. The average molecular weight is 581 g/mol. The van der Waals surface area contributed by atoms with Crippen molar-refractivity contribution in [3.63, 3.8) is 0 Å². The SMILES string of the molecule is CCCCCCCCC#Cc1ccc2c(c1)c(CC(NC(C)=O)C(=O)OCC)c(O)n2S(=O)(=O)c1ccc(C)cc1. The molecule has 3 rings (SSSR count). The summed E-state index contributed by atoms with van der Waals surface area (Å²) in [4.78, 5) is 24.6. The highest BCUT2D eigenvalue weighted by Gasteiger charge is 2.31. The average Bonchev–Trinajstić information content (AvgIpc) is 3.20. The Morgan fingerprint density at radius 3 is 2.37 bits per heavy atom. The van der Waals surface area contributed by atoms with E-state index in [4.69, 9.17) is 4.74 Å². The molecular formula is C32H40N2O6S. The molecule has 0 fully saturated rings. The maximum Gasteiger partial charge on any atom is 0.328 e. The lowest BCUT2D eigenvalue weighted by Gasteiger charge is -2.16. The number of aromatic hydroxyl groups is 1. The maximum absolute atomic E-state index is 13.7. The van der Waals surface area contributed by atoms with Crippen LogP contribution in [0.15, 0.2) is 47.4 Å². The number of nitrogens with one attached hydrogen (secondary N) is 1. The highest BCUT2D eigenvalue weighted by molar-refractivity contribution is 7.90. The number of rotatable bonds is 13. The van der Waals surface area contributed by atoms with Gasteiger partial charge in [-0.1, -0.05) is 68.6 Å². The third-order valence-corrected chi connectivity index (χ3v) is 8.53. The van der Waals surface area contributed by atoms with E-state index in [1.807, 2.05) is 6.92 Å². The fourth-order valence-corrected chi connectivity index (χ4v) is 6.14. The molecule has 0 aliphatic heterocycles. The molecule has 0 radical (unpaired) electrons. The van der Waals surface area contributed by atoms with E-state index in [1.165, 1.54) is 44.7 Å². The molecule has 3 aromatic rings. The first kappa shape index (κ1) is 31.8. The van der Waals surface area contributed by atoms with Gasteiger partial charge in [0.15, 0.2) is 0 Å². The maximum atomic E-state index is 13.7. The zero-order valence-corrected chi connectivity index (χ0v) is 25.1. The van der Waals surface area contributed by atoms with Crippen molar-refractivity contribution in [1.82, 2.24) is 9.29 Å². The van der Waals surface area contributed by atoms with Crippen LogP contribution < -0.4 is 5.32 Å². The molecule has 2 aromatic carbocycles. The van der Waals surface area contributed by atoms with Gasteiger partial charge in [-0.05, 0) is 50.6 Å². The summed E-state index contributed by atoms with van der Waals surface area (Å²) in [7, 11) is -4.20. The van der Waals surface area contributed by atoms with E-state index in [1.54, 1.807) is 37.3 Å². The number of benzene rings is 2. The lowest BCUT2D eigenvalue weighted by molar-refractivity contribution is -0.147. The lowest BCUT2D eigenvalue weighted by Crippen LogP contribution is -2.42. The molecule has 41 heavy (non-hydrogen) atoms. The summed E-state index contributed by atoms with van der Waals surface area (Å²) in [5.74, 6) is 4.67. The van der Waals surface area contributed by atoms with E-state index in [0.717, 1.165) is 28.8 Å². The quantitative estimate of drug-likeness (QED) is 0.154. The van der Waals surface area contributed by atoms with Gasteiger partial charge in [-0.2, -0.15) is 0 Å². The molecule has 0 aliphatic carbocycles. The topological polar surface area (TPSA) is 115 Å². The van der Waals surface area contributed by atoms with Gasteiger partial charge < -0.3 is 15.2 Å². The number of ether oxygens (including phenoxy) is 1. The van der Waals surface area contributed by atoms with Gasteiger partial charge in [-0.25, -0.2) is 17.2 Å². The minimum Gasteiger partial charge on any atom is -0.494 e. The van der Waals surface area contributed by atoms with Crippen LogP contribution in [0.1, 0.15) is 82.4 Å². The third kappa shape index (κ3) is 8.14. The minimum absolute atomic E-state index is 0.00783. The van der Waals surface area contributed by atoms with Crippen molar-refractivity contribution in [2.75, 3.05) is 6.61 Å². The van der Waals surface area contributed by atoms with Gasteiger partial charge in [-0.3, -0.25) is 4.79 Å². The summed E-state index contributed by atoms with van der Waals surface area (Å²) in [5, 5.41) is 14.3. The van der Waals surface area contributed by atoms with Crippen LogP contribution in [0.3, 0.4) is 0 Å². The number of fused-ring (bicyclic) bond motifs is 1. The number of unbranched alkanes of at least 4 members (excludes halogenated alkanes) is 6. The monoisotopic (exact) mass is 580 g/mol. The molecule has 1 unspecified atom stereocenters. The smallest absolute Gasteiger partial charge is 0.328 e. The van der Waals surface area contributed by atoms with Gasteiger partial charge in [-0.15, -0.1) is 0 Å². The molecule has 1 aromatic heterocycles. The molecule has 0 aliphatic rings. The molecule has 8 nitrogen and oxygen atoms in total. The van der Waals surface area contributed by atoms with E-state index in [2.05, 4.69) is 24.1 Å². The number of nitrogens with zero attached hydrogens (tertiary/aromatic N) is 1. The Bertz CT molecular complexity index is 1530. The first-order valence-electron chi connectivity index (χ1n) is 14.2. The Kier molecular flexibility index (Phi) is 11.4. The second kappa shape index (κ2) is 14.7. The van der Waals surface area contributed by atoms with Crippen LogP contribution in [0.25, 0.3) is 10.9 Å². The molecule has 1 heterocycles. The Morgan fingerprint density at radius 2 is 1.71 bits per heavy atom. The summed E-state index contributed by atoms with van der Waals surface area (Å²) in [6.07, 6.45) is 7.60. The molecule has 0 saturated carbocycles. The van der Waals surface area contributed by atoms with Gasteiger partial charge in [0.05, 0.1) is 17.0 Å². The summed E-state index contributed by atoms with van der Waals surface area (Å²) in [6, 6.07) is 10.3. The number of hydrogen-bond acceptors (Lipinski definition) is 6. The highest BCUT2D eigenvalue weighted by Crippen LogP contribution is 2.36. The zero-order valence-electron chi connectivity index (χ0n) is 24.3. The van der Waals surface area contributed by atoms with Crippen LogP contribution >= 0.6 is 0 Å². The minimum atomic E-state index is -4.20. The predicted octanol–water partition coefficient (Wildman–Crippen LogP) is 5.60. The van der Waals surface area contributed by atoms with E-state index in [0.29, 0.717) is 10.9 Å². The normalized spacial score (nSPS) is 12.0. The van der Waals surface area contributed by atoms with Crippen molar-refractivity contribution < 1.29 is 27.9 Å². The number of hydrogen-bond donors (Lipinski definition) is 2. The third-order valence-electron chi connectivity index (χ3n) is 6.81. The fraction of sp³-hybridized carbons (Fsp3) is 0.438. The van der Waals surface area contributed by atoms with Crippen LogP contribution in [0.2, 0.25) is 0 Å². The number of carbonyl (C=O) groups excluding carboxylic acids is 2.